The first-order chi connectivity index (χ1) is 13.1. The van der Waals surface area contributed by atoms with Crippen LogP contribution in [-0.4, -0.2) is 33.2 Å². The van der Waals surface area contributed by atoms with Gasteiger partial charge in [-0.15, -0.1) is 0 Å². The van der Waals surface area contributed by atoms with E-state index < -0.39 is 0 Å². The number of pyridine rings is 1. The zero-order valence-electron chi connectivity index (χ0n) is 14.2. The Morgan fingerprint density at radius 3 is 2.70 bits per heavy atom. The molecule has 5 nitrogen and oxygen atoms in total. The molecule has 0 aliphatic heterocycles. The van der Waals surface area contributed by atoms with Gasteiger partial charge in [-0.1, -0.05) is 47.1 Å². The zero-order valence-corrected chi connectivity index (χ0v) is 16.6. The van der Waals surface area contributed by atoms with Crippen LogP contribution in [0.2, 0.25) is 10.0 Å². The molecule has 0 saturated carbocycles. The predicted octanol–water partition coefficient (Wildman–Crippen LogP) is 4.30. The van der Waals surface area contributed by atoms with E-state index in [1.807, 2.05) is 24.3 Å². The molecule has 2 aromatic heterocycles. The van der Waals surface area contributed by atoms with E-state index in [9.17, 15) is 4.79 Å². The van der Waals surface area contributed by atoms with Crippen molar-refractivity contribution in [2.45, 2.75) is 11.6 Å². The number of carbonyl (C=O) groups is 1. The second-order valence-corrected chi connectivity index (χ2v) is 7.35. The summed E-state index contributed by atoms with van der Waals surface area (Å²) in [5.74, 6) is 0.150. The van der Waals surface area contributed by atoms with Crippen molar-refractivity contribution in [2.24, 2.45) is 0 Å². The quantitative estimate of drug-likeness (QED) is 0.457. The number of carbonyl (C=O) groups excluding carboxylic acids is 1. The molecule has 3 rings (SSSR count). The molecule has 1 amide bonds. The Hall–Kier alpha value is -2.15. The van der Waals surface area contributed by atoms with Crippen molar-refractivity contribution in [3.8, 4) is 11.4 Å². The summed E-state index contributed by atoms with van der Waals surface area (Å²) in [6.45, 7) is 0.496. The molecule has 1 N–H and O–H groups in total. The minimum absolute atomic E-state index is 0.0862. The van der Waals surface area contributed by atoms with E-state index in [2.05, 4.69) is 20.3 Å². The molecule has 3 aromatic rings. The van der Waals surface area contributed by atoms with Crippen LogP contribution in [-0.2, 0) is 11.2 Å². The molecule has 0 atom stereocenters. The van der Waals surface area contributed by atoms with E-state index in [0.29, 0.717) is 28.2 Å². The monoisotopic (exact) mass is 418 g/mol. The third kappa shape index (κ3) is 5.92. The fraction of sp³-hybridized carbons (Fsp3) is 0.158. The maximum absolute atomic E-state index is 12.0. The van der Waals surface area contributed by atoms with Gasteiger partial charge in [0, 0.05) is 29.0 Å². The van der Waals surface area contributed by atoms with Gasteiger partial charge in [0.2, 0.25) is 5.91 Å². The van der Waals surface area contributed by atoms with Gasteiger partial charge in [-0.2, -0.15) is 0 Å². The lowest BCUT2D eigenvalue weighted by Gasteiger charge is -2.07. The van der Waals surface area contributed by atoms with Crippen LogP contribution in [0.4, 0.5) is 0 Å². The highest BCUT2D eigenvalue weighted by atomic mass is 35.5. The van der Waals surface area contributed by atoms with E-state index in [0.717, 1.165) is 17.0 Å². The van der Waals surface area contributed by atoms with Crippen LogP contribution >= 0.6 is 35.0 Å². The molecule has 1 aromatic carbocycles. The van der Waals surface area contributed by atoms with Crippen molar-refractivity contribution >= 4 is 40.9 Å². The van der Waals surface area contributed by atoms with Gasteiger partial charge < -0.3 is 5.32 Å². The average Bonchev–Trinajstić information content (AvgIpc) is 2.69. The maximum Gasteiger partial charge on any atom is 0.230 e. The van der Waals surface area contributed by atoms with Crippen LogP contribution in [0, 0.1) is 0 Å². The third-order valence-electron chi connectivity index (χ3n) is 3.62. The van der Waals surface area contributed by atoms with Crippen molar-refractivity contribution < 1.29 is 4.79 Å². The summed E-state index contributed by atoms with van der Waals surface area (Å²) in [7, 11) is 0. The smallest absolute Gasteiger partial charge is 0.230 e. The Bertz CT molecular complexity index is 925. The molecule has 27 heavy (non-hydrogen) atoms. The molecular weight excluding hydrogens is 403 g/mol. The molecule has 0 aliphatic carbocycles. The lowest BCUT2D eigenvalue weighted by Crippen LogP contribution is -2.27. The second kappa shape index (κ2) is 9.69. The van der Waals surface area contributed by atoms with Gasteiger partial charge in [-0.05, 0) is 42.3 Å². The van der Waals surface area contributed by atoms with E-state index in [4.69, 9.17) is 23.2 Å². The van der Waals surface area contributed by atoms with Crippen LogP contribution < -0.4 is 5.32 Å². The topological polar surface area (TPSA) is 67.8 Å². The number of nitrogens with one attached hydrogen (secondary N) is 1. The first-order valence-electron chi connectivity index (χ1n) is 8.20. The molecule has 0 saturated heterocycles. The molecular formula is C19H16Cl2N4OS. The summed E-state index contributed by atoms with van der Waals surface area (Å²) in [6.07, 6.45) is 4.02. The normalized spacial score (nSPS) is 10.6. The Labute approximate surface area is 171 Å². The molecule has 0 bridgehead atoms. The second-order valence-electron chi connectivity index (χ2n) is 5.56. The van der Waals surface area contributed by atoms with Gasteiger partial charge in [-0.25, -0.2) is 9.97 Å². The fourth-order valence-electron chi connectivity index (χ4n) is 2.31. The number of benzene rings is 1. The molecule has 138 valence electrons. The van der Waals surface area contributed by atoms with E-state index in [1.165, 1.54) is 11.8 Å². The molecule has 2 heterocycles. The van der Waals surface area contributed by atoms with Gasteiger partial charge >= 0.3 is 0 Å². The largest absolute Gasteiger partial charge is 0.355 e. The molecule has 8 heteroatoms. The number of hydrogen-bond acceptors (Lipinski definition) is 5. The maximum atomic E-state index is 12.0. The molecule has 0 fully saturated rings. The number of hydrogen-bond donors (Lipinski definition) is 1. The predicted molar refractivity (Wildman–Crippen MR) is 109 cm³/mol. The summed E-state index contributed by atoms with van der Waals surface area (Å²) in [5.41, 5.74) is 2.44. The van der Waals surface area contributed by atoms with E-state index >= 15 is 0 Å². The van der Waals surface area contributed by atoms with E-state index in [-0.39, 0.29) is 11.7 Å². The highest BCUT2D eigenvalue weighted by Crippen LogP contribution is 2.21. The first kappa shape index (κ1) is 19.6. The SMILES string of the molecule is O=C(CSc1nccc(-c2ccccn2)n1)NCCc1ccc(Cl)cc1Cl. The number of amides is 1. The molecule has 0 aliphatic rings. The highest BCUT2D eigenvalue weighted by molar-refractivity contribution is 7.99. The van der Waals surface area contributed by atoms with Crippen LogP contribution in [0.25, 0.3) is 11.4 Å². The van der Waals surface area contributed by atoms with Gasteiger partial charge in [0.1, 0.15) is 0 Å². The van der Waals surface area contributed by atoms with Crippen LogP contribution in [0.1, 0.15) is 5.56 Å². The van der Waals surface area contributed by atoms with Crippen molar-refractivity contribution in [2.75, 3.05) is 12.3 Å². The lowest BCUT2D eigenvalue weighted by molar-refractivity contribution is -0.118. The van der Waals surface area contributed by atoms with Gasteiger partial charge in [0.15, 0.2) is 5.16 Å². The average molecular weight is 419 g/mol. The van der Waals surface area contributed by atoms with Crippen LogP contribution in [0.15, 0.2) is 60.0 Å². The highest BCUT2D eigenvalue weighted by Gasteiger charge is 2.08. The molecule has 0 spiro atoms. The third-order valence-corrected chi connectivity index (χ3v) is 5.07. The summed E-state index contributed by atoms with van der Waals surface area (Å²) in [5, 5.41) is 4.60. The number of thioether (sulfide) groups is 1. The summed E-state index contributed by atoms with van der Waals surface area (Å²) >= 11 is 13.3. The number of nitrogens with zero attached hydrogens (tertiary/aromatic N) is 3. The summed E-state index contributed by atoms with van der Waals surface area (Å²) < 4.78 is 0. The molecule has 0 radical (unpaired) electrons. The minimum atomic E-state index is -0.0862. The number of aromatic nitrogens is 3. The Balaban J connectivity index is 1.48. The lowest BCUT2D eigenvalue weighted by atomic mass is 10.1. The van der Waals surface area contributed by atoms with E-state index in [1.54, 1.807) is 30.6 Å². The van der Waals surface area contributed by atoms with Crippen molar-refractivity contribution in [1.82, 2.24) is 20.3 Å². The standard InChI is InChI=1S/C19H16Cl2N4OS/c20-14-5-4-13(15(21)11-14)6-9-23-18(26)12-27-19-24-10-7-17(25-19)16-3-1-2-8-22-16/h1-5,7-8,10-11H,6,9,12H2,(H,23,26). The Kier molecular flexibility index (Phi) is 7.04. The fourth-order valence-corrected chi connectivity index (χ4v) is 3.47. The Morgan fingerprint density at radius 1 is 1.04 bits per heavy atom. The minimum Gasteiger partial charge on any atom is -0.355 e. The first-order valence-corrected chi connectivity index (χ1v) is 9.94. The van der Waals surface area contributed by atoms with Crippen LogP contribution in [0.5, 0.6) is 0 Å². The summed E-state index contributed by atoms with van der Waals surface area (Å²) in [4.78, 5) is 25.0. The van der Waals surface area contributed by atoms with Gasteiger partial charge in [0.25, 0.3) is 0 Å². The van der Waals surface area contributed by atoms with Gasteiger partial charge in [-0.3, -0.25) is 9.78 Å². The van der Waals surface area contributed by atoms with Gasteiger partial charge in [0.05, 0.1) is 17.1 Å². The molecule has 0 unspecified atom stereocenters. The zero-order chi connectivity index (χ0) is 19.1. The summed E-state index contributed by atoms with van der Waals surface area (Å²) in [6, 6.07) is 12.8. The number of halogens is 2. The number of rotatable bonds is 7. The van der Waals surface area contributed by atoms with Crippen LogP contribution in [0.3, 0.4) is 0 Å². The van der Waals surface area contributed by atoms with Crippen molar-refractivity contribution in [3.05, 3.63) is 70.5 Å². The van der Waals surface area contributed by atoms with Crippen molar-refractivity contribution in [1.29, 1.82) is 0 Å². The van der Waals surface area contributed by atoms with Crippen molar-refractivity contribution in [3.63, 3.8) is 0 Å². The Morgan fingerprint density at radius 2 is 1.93 bits per heavy atom.